The fourth-order valence-electron chi connectivity index (χ4n) is 1.11. The Morgan fingerprint density at radius 1 is 1.38 bits per heavy atom. The molecule has 0 unspecified atom stereocenters. The van der Waals surface area contributed by atoms with Crippen LogP contribution in [-0.4, -0.2) is 17.3 Å². The average Bonchev–Trinajstić information content (AvgIpc) is 2.14. The highest BCUT2D eigenvalue weighted by atomic mass is 19.1. The summed E-state index contributed by atoms with van der Waals surface area (Å²) in [5.74, 6) is -1.69. The summed E-state index contributed by atoms with van der Waals surface area (Å²) in [5.41, 5.74) is -1.49. The number of nitriles is 1. The van der Waals surface area contributed by atoms with E-state index >= 15 is 0 Å². The molecule has 0 bridgehead atoms. The Kier molecular flexibility index (Phi) is 3.45. The van der Waals surface area contributed by atoms with Crippen molar-refractivity contribution in [3.8, 4) is 6.07 Å². The zero-order valence-corrected chi connectivity index (χ0v) is 9.01. The first-order valence-corrected chi connectivity index (χ1v) is 4.69. The van der Waals surface area contributed by atoms with Gasteiger partial charge in [0.05, 0.1) is 17.2 Å². The number of aliphatic hydroxyl groups is 1. The Hall–Kier alpha value is -1.67. The number of rotatable bonds is 3. The zero-order valence-electron chi connectivity index (χ0n) is 9.01. The van der Waals surface area contributed by atoms with E-state index in [4.69, 9.17) is 5.26 Å². The van der Waals surface area contributed by atoms with Gasteiger partial charge >= 0.3 is 0 Å². The van der Waals surface area contributed by atoms with Crippen LogP contribution in [0, 0.1) is 23.0 Å². The van der Waals surface area contributed by atoms with Crippen LogP contribution in [0.4, 0.5) is 14.5 Å². The van der Waals surface area contributed by atoms with Gasteiger partial charge in [0, 0.05) is 6.54 Å². The molecule has 0 aromatic heterocycles. The van der Waals surface area contributed by atoms with Crippen LogP contribution in [0.3, 0.4) is 0 Å². The Balaban J connectivity index is 2.94. The van der Waals surface area contributed by atoms with E-state index in [-0.39, 0.29) is 17.8 Å². The molecule has 0 saturated heterocycles. The van der Waals surface area contributed by atoms with E-state index in [1.54, 1.807) is 6.07 Å². The molecule has 0 radical (unpaired) electrons. The fourth-order valence-corrected chi connectivity index (χ4v) is 1.11. The van der Waals surface area contributed by atoms with Crippen molar-refractivity contribution in [1.82, 2.24) is 0 Å². The second-order valence-electron chi connectivity index (χ2n) is 4.09. The van der Waals surface area contributed by atoms with Crippen LogP contribution in [0.2, 0.25) is 0 Å². The van der Waals surface area contributed by atoms with Crippen molar-refractivity contribution in [3.63, 3.8) is 0 Å². The predicted octanol–water partition coefficient (Wildman–Crippen LogP) is 2.02. The molecule has 16 heavy (non-hydrogen) atoms. The Morgan fingerprint density at radius 2 is 1.88 bits per heavy atom. The van der Waals surface area contributed by atoms with Gasteiger partial charge in [-0.1, -0.05) is 0 Å². The second-order valence-corrected chi connectivity index (χ2v) is 4.09. The Labute approximate surface area is 92.3 Å². The number of benzene rings is 1. The molecule has 0 fully saturated rings. The van der Waals surface area contributed by atoms with Gasteiger partial charge < -0.3 is 10.4 Å². The van der Waals surface area contributed by atoms with E-state index in [1.807, 2.05) is 0 Å². The van der Waals surface area contributed by atoms with Gasteiger partial charge in [0.15, 0.2) is 11.6 Å². The van der Waals surface area contributed by atoms with E-state index in [9.17, 15) is 13.9 Å². The van der Waals surface area contributed by atoms with Crippen molar-refractivity contribution in [2.75, 3.05) is 11.9 Å². The van der Waals surface area contributed by atoms with Gasteiger partial charge in [-0.15, -0.1) is 0 Å². The summed E-state index contributed by atoms with van der Waals surface area (Å²) in [5, 5.41) is 20.4. The largest absolute Gasteiger partial charge is 0.389 e. The molecule has 0 amide bonds. The molecule has 1 rings (SSSR count). The maximum Gasteiger partial charge on any atom is 0.150 e. The first kappa shape index (κ1) is 12.4. The third-order valence-electron chi connectivity index (χ3n) is 1.87. The van der Waals surface area contributed by atoms with Crippen molar-refractivity contribution in [2.45, 2.75) is 19.4 Å². The summed E-state index contributed by atoms with van der Waals surface area (Å²) in [6.07, 6.45) is 0. The molecule has 5 heteroatoms. The molecule has 2 N–H and O–H groups in total. The number of nitrogens with one attached hydrogen (secondary N) is 1. The van der Waals surface area contributed by atoms with E-state index in [0.29, 0.717) is 0 Å². The minimum atomic E-state index is -1.08. The van der Waals surface area contributed by atoms with Gasteiger partial charge in [-0.05, 0) is 26.0 Å². The topological polar surface area (TPSA) is 56.0 Å². The van der Waals surface area contributed by atoms with Crippen LogP contribution in [-0.2, 0) is 0 Å². The van der Waals surface area contributed by atoms with Crippen molar-refractivity contribution >= 4 is 5.69 Å². The number of anilines is 1. The molecule has 0 saturated carbocycles. The first-order chi connectivity index (χ1) is 7.33. The molecule has 0 heterocycles. The summed E-state index contributed by atoms with van der Waals surface area (Å²) in [4.78, 5) is 0. The maximum atomic E-state index is 13.3. The van der Waals surface area contributed by atoms with Crippen molar-refractivity contribution in [3.05, 3.63) is 29.3 Å². The standard InChI is InChI=1S/C11H12F2N2O/c1-11(2,16)6-15-10-8(12)3-7(5-14)4-9(10)13/h3-4,15-16H,6H2,1-2H3. The minimum absolute atomic E-state index is 0.00669. The summed E-state index contributed by atoms with van der Waals surface area (Å²) in [6.45, 7) is 3.03. The molecule has 1 aromatic carbocycles. The van der Waals surface area contributed by atoms with Gasteiger partial charge in [0.1, 0.15) is 5.69 Å². The van der Waals surface area contributed by atoms with Crippen LogP contribution in [0.1, 0.15) is 19.4 Å². The monoisotopic (exact) mass is 226 g/mol. The molecule has 86 valence electrons. The highest BCUT2D eigenvalue weighted by Crippen LogP contribution is 2.21. The first-order valence-electron chi connectivity index (χ1n) is 4.69. The lowest BCUT2D eigenvalue weighted by Crippen LogP contribution is -2.29. The SMILES string of the molecule is CC(C)(O)CNc1c(F)cc(C#N)cc1F. The van der Waals surface area contributed by atoms with Gasteiger partial charge in [-0.25, -0.2) is 8.78 Å². The summed E-state index contributed by atoms with van der Waals surface area (Å²) >= 11 is 0. The maximum absolute atomic E-state index is 13.3. The fraction of sp³-hybridized carbons (Fsp3) is 0.364. The third-order valence-corrected chi connectivity index (χ3v) is 1.87. The van der Waals surface area contributed by atoms with Crippen molar-refractivity contribution in [1.29, 1.82) is 5.26 Å². The van der Waals surface area contributed by atoms with E-state index < -0.39 is 17.2 Å². The van der Waals surface area contributed by atoms with E-state index in [2.05, 4.69) is 5.32 Å². The molecule has 0 aliphatic rings. The van der Waals surface area contributed by atoms with Gasteiger partial charge in [-0.3, -0.25) is 0 Å². The third kappa shape index (κ3) is 3.17. The van der Waals surface area contributed by atoms with Crippen LogP contribution in [0.15, 0.2) is 12.1 Å². The van der Waals surface area contributed by atoms with Crippen LogP contribution >= 0.6 is 0 Å². The second kappa shape index (κ2) is 4.45. The van der Waals surface area contributed by atoms with Crippen LogP contribution < -0.4 is 5.32 Å². The molecular weight excluding hydrogens is 214 g/mol. The van der Waals surface area contributed by atoms with Gasteiger partial charge in [0.2, 0.25) is 0 Å². The summed E-state index contributed by atoms with van der Waals surface area (Å²) < 4.78 is 26.7. The molecule has 0 aliphatic carbocycles. The molecular formula is C11H12F2N2O. The van der Waals surface area contributed by atoms with E-state index in [0.717, 1.165) is 12.1 Å². The Bertz CT molecular complexity index is 410. The Morgan fingerprint density at radius 3 is 2.25 bits per heavy atom. The normalized spacial score (nSPS) is 11.0. The molecule has 0 aliphatic heterocycles. The molecule has 3 nitrogen and oxygen atoms in total. The van der Waals surface area contributed by atoms with Crippen molar-refractivity contribution in [2.24, 2.45) is 0 Å². The number of hydrogen-bond acceptors (Lipinski definition) is 3. The summed E-state index contributed by atoms with van der Waals surface area (Å²) in [7, 11) is 0. The lowest BCUT2D eigenvalue weighted by molar-refractivity contribution is 0.0944. The number of nitrogens with zero attached hydrogens (tertiary/aromatic N) is 1. The quantitative estimate of drug-likeness (QED) is 0.829. The van der Waals surface area contributed by atoms with Gasteiger partial charge in [-0.2, -0.15) is 5.26 Å². The highest BCUT2D eigenvalue weighted by molar-refractivity contribution is 5.50. The number of halogens is 2. The minimum Gasteiger partial charge on any atom is -0.389 e. The molecule has 0 spiro atoms. The summed E-state index contributed by atoms with van der Waals surface area (Å²) in [6, 6.07) is 3.53. The molecule has 1 aromatic rings. The molecule has 0 atom stereocenters. The lowest BCUT2D eigenvalue weighted by Gasteiger charge is -2.19. The van der Waals surface area contributed by atoms with Crippen molar-refractivity contribution < 1.29 is 13.9 Å². The van der Waals surface area contributed by atoms with Crippen LogP contribution in [0.5, 0.6) is 0 Å². The van der Waals surface area contributed by atoms with Crippen LogP contribution in [0.25, 0.3) is 0 Å². The lowest BCUT2D eigenvalue weighted by atomic mass is 10.1. The predicted molar refractivity (Wildman–Crippen MR) is 55.9 cm³/mol. The average molecular weight is 226 g/mol. The zero-order chi connectivity index (χ0) is 12.3. The van der Waals surface area contributed by atoms with E-state index in [1.165, 1.54) is 13.8 Å². The van der Waals surface area contributed by atoms with Gasteiger partial charge in [0.25, 0.3) is 0 Å². The highest BCUT2D eigenvalue weighted by Gasteiger charge is 2.16. The number of hydrogen-bond donors (Lipinski definition) is 2. The smallest absolute Gasteiger partial charge is 0.150 e.